The normalized spacial score (nSPS) is 18.6. The van der Waals surface area contributed by atoms with Crippen molar-refractivity contribution in [3.05, 3.63) is 0 Å². The van der Waals surface area contributed by atoms with Crippen LogP contribution in [0.3, 0.4) is 0 Å². The molecule has 1 fully saturated rings. The molecule has 1 saturated heterocycles. The van der Waals surface area contributed by atoms with Crippen LogP contribution in [0.4, 0.5) is 0 Å². The number of morpholine rings is 1. The summed E-state index contributed by atoms with van der Waals surface area (Å²) in [4.78, 5) is 24.0. The van der Waals surface area contributed by atoms with Crippen LogP contribution >= 0.6 is 7.82 Å². The summed E-state index contributed by atoms with van der Waals surface area (Å²) in [6.45, 7) is 7.58. The van der Waals surface area contributed by atoms with E-state index in [0.29, 0.717) is 0 Å². The first-order valence-corrected chi connectivity index (χ1v) is 6.08. The van der Waals surface area contributed by atoms with Crippen molar-refractivity contribution in [2.24, 2.45) is 0 Å². The molecule has 1 rings (SSSR count). The van der Waals surface area contributed by atoms with Gasteiger partial charge in [0.1, 0.15) is 0 Å². The molecule has 0 aromatic rings. The van der Waals surface area contributed by atoms with Gasteiger partial charge >= 0.3 is 7.82 Å². The zero-order valence-electron chi connectivity index (χ0n) is 8.30. The molecule has 3 N–H and O–H groups in total. The van der Waals surface area contributed by atoms with Gasteiger partial charge in [-0.25, -0.2) is 4.57 Å². The molecule has 0 amide bonds. The third-order valence-corrected chi connectivity index (χ3v) is 1.64. The maximum atomic E-state index is 8.88. The summed E-state index contributed by atoms with van der Waals surface area (Å²) in [6.07, 6.45) is 1.26. The van der Waals surface area contributed by atoms with Crippen molar-refractivity contribution in [1.82, 2.24) is 4.90 Å². The van der Waals surface area contributed by atoms with Gasteiger partial charge in [-0.2, -0.15) is 0 Å². The van der Waals surface area contributed by atoms with Gasteiger partial charge in [-0.3, -0.25) is 4.90 Å². The fourth-order valence-corrected chi connectivity index (χ4v) is 1.14. The molecule has 14 heavy (non-hydrogen) atoms. The van der Waals surface area contributed by atoms with Gasteiger partial charge in [0, 0.05) is 13.1 Å². The molecule has 6 nitrogen and oxygen atoms in total. The van der Waals surface area contributed by atoms with E-state index in [-0.39, 0.29) is 0 Å². The Kier molecular flexibility index (Phi) is 7.35. The maximum Gasteiger partial charge on any atom is 0.466 e. The molecule has 0 radical (unpaired) electrons. The van der Waals surface area contributed by atoms with Crippen molar-refractivity contribution in [2.75, 3.05) is 32.8 Å². The monoisotopic (exact) mass is 227 g/mol. The quantitative estimate of drug-likeness (QED) is 0.566. The summed E-state index contributed by atoms with van der Waals surface area (Å²) in [7, 11) is -4.64. The molecule has 0 atom stereocenters. The van der Waals surface area contributed by atoms with Crippen molar-refractivity contribution in [1.29, 1.82) is 0 Å². The van der Waals surface area contributed by atoms with E-state index < -0.39 is 7.82 Å². The minimum Gasteiger partial charge on any atom is -0.379 e. The van der Waals surface area contributed by atoms with Crippen LogP contribution in [0.25, 0.3) is 0 Å². The lowest BCUT2D eigenvalue weighted by Gasteiger charge is -2.25. The van der Waals surface area contributed by atoms with Crippen molar-refractivity contribution >= 4 is 7.82 Å². The number of ether oxygens (including phenoxy) is 1. The molecule has 0 unspecified atom stereocenters. The first-order valence-electron chi connectivity index (χ1n) is 4.52. The van der Waals surface area contributed by atoms with Crippen LogP contribution < -0.4 is 0 Å². The summed E-state index contributed by atoms with van der Waals surface area (Å²) in [6, 6.07) is 0. The summed E-state index contributed by atoms with van der Waals surface area (Å²) in [5.41, 5.74) is 0. The lowest BCUT2D eigenvalue weighted by atomic mass is 10.4. The molecule has 0 saturated carbocycles. The molecule has 1 aliphatic rings. The molecule has 1 heterocycles. The predicted octanol–water partition coefficient (Wildman–Crippen LogP) is -0.200. The molecule has 7 heteroatoms. The van der Waals surface area contributed by atoms with Gasteiger partial charge in [-0.05, 0) is 13.0 Å². The highest BCUT2D eigenvalue weighted by Crippen LogP contribution is 2.25. The van der Waals surface area contributed by atoms with E-state index in [1.165, 1.54) is 13.0 Å². The van der Waals surface area contributed by atoms with E-state index in [4.69, 9.17) is 24.0 Å². The van der Waals surface area contributed by atoms with Crippen molar-refractivity contribution in [2.45, 2.75) is 13.3 Å². The van der Waals surface area contributed by atoms with Crippen LogP contribution in [-0.2, 0) is 9.30 Å². The maximum absolute atomic E-state index is 8.88. The van der Waals surface area contributed by atoms with Gasteiger partial charge < -0.3 is 19.4 Å². The Morgan fingerprint density at radius 2 is 1.71 bits per heavy atom. The largest absolute Gasteiger partial charge is 0.466 e. The molecule has 0 aromatic heterocycles. The second-order valence-corrected chi connectivity index (χ2v) is 3.99. The summed E-state index contributed by atoms with van der Waals surface area (Å²) in [5, 5.41) is 0. The van der Waals surface area contributed by atoms with Crippen molar-refractivity contribution in [3.63, 3.8) is 0 Å². The SMILES string of the molecule is CCCN1CCOCC1.O=P(O)(O)O. The van der Waals surface area contributed by atoms with Crippen molar-refractivity contribution < 1.29 is 24.0 Å². The molecule has 86 valence electrons. The van der Waals surface area contributed by atoms with Crippen LogP contribution in [0.2, 0.25) is 0 Å². The van der Waals surface area contributed by atoms with Gasteiger partial charge in [0.15, 0.2) is 0 Å². The van der Waals surface area contributed by atoms with E-state index in [2.05, 4.69) is 11.8 Å². The minimum atomic E-state index is -4.64. The molecule has 1 aliphatic heterocycles. The Morgan fingerprint density at radius 1 is 1.29 bits per heavy atom. The topological polar surface area (TPSA) is 90.2 Å². The Morgan fingerprint density at radius 3 is 2.07 bits per heavy atom. The van der Waals surface area contributed by atoms with E-state index in [9.17, 15) is 0 Å². The van der Waals surface area contributed by atoms with E-state index in [1.807, 2.05) is 0 Å². The fraction of sp³-hybridized carbons (Fsp3) is 1.00. The van der Waals surface area contributed by atoms with Gasteiger partial charge in [-0.15, -0.1) is 0 Å². The van der Waals surface area contributed by atoms with Gasteiger partial charge in [-0.1, -0.05) is 6.92 Å². The molecule has 0 bridgehead atoms. The number of hydrogen-bond donors (Lipinski definition) is 3. The van der Waals surface area contributed by atoms with Crippen LogP contribution in [0.5, 0.6) is 0 Å². The Balaban J connectivity index is 0.000000292. The smallest absolute Gasteiger partial charge is 0.379 e. The summed E-state index contributed by atoms with van der Waals surface area (Å²) < 4.78 is 14.1. The average Bonchev–Trinajstić information content (AvgIpc) is 2.03. The lowest BCUT2D eigenvalue weighted by Crippen LogP contribution is -2.36. The number of nitrogens with zero attached hydrogens (tertiary/aromatic N) is 1. The van der Waals surface area contributed by atoms with Crippen LogP contribution in [0.15, 0.2) is 0 Å². The zero-order valence-corrected chi connectivity index (χ0v) is 9.19. The summed E-state index contributed by atoms with van der Waals surface area (Å²) in [5.74, 6) is 0. The summed E-state index contributed by atoms with van der Waals surface area (Å²) >= 11 is 0. The number of hydrogen-bond acceptors (Lipinski definition) is 3. The first kappa shape index (κ1) is 14.0. The third-order valence-electron chi connectivity index (χ3n) is 1.64. The molecule has 0 aromatic carbocycles. The Hall–Kier alpha value is 0.0300. The van der Waals surface area contributed by atoms with E-state index in [0.717, 1.165) is 26.3 Å². The van der Waals surface area contributed by atoms with Gasteiger partial charge in [0.2, 0.25) is 0 Å². The standard InChI is InChI=1S/C7H15NO.H3O4P/c1-2-3-8-4-6-9-7-5-8;1-5(2,3)4/h2-7H2,1H3;(H3,1,2,3,4). The Bertz CT molecular complexity index is 166. The Labute approximate surface area is 83.7 Å². The van der Waals surface area contributed by atoms with Crippen molar-refractivity contribution in [3.8, 4) is 0 Å². The van der Waals surface area contributed by atoms with Crippen LogP contribution in [0.1, 0.15) is 13.3 Å². The second kappa shape index (κ2) is 7.34. The van der Waals surface area contributed by atoms with E-state index in [1.54, 1.807) is 0 Å². The molecular weight excluding hydrogens is 209 g/mol. The lowest BCUT2D eigenvalue weighted by molar-refractivity contribution is 0.0380. The molecular formula is C7H18NO5P. The second-order valence-electron chi connectivity index (χ2n) is 2.97. The molecule has 0 spiro atoms. The van der Waals surface area contributed by atoms with Crippen LogP contribution in [0, 0.1) is 0 Å². The van der Waals surface area contributed by atoms with Crippen LogP contribution in [-0.4, -0.2) is 52.4 Å². The first-order chi connectivity index (χ1) is 6.43. The highest BCUT2D eigenvalue weighted by atomic mass is 31.2. The predicted molar refractivity (Wildman–Crippen MR) is 51.8 cm³/mol. The number of phosphoric acid groups is 1. The van der Waals surface area contributed by atoms with E-state index >= 15 is 0 Å². The molecule has 0 aliphatic carbocycles. The fourth-order valence-electron chi connectivity index (χ4n) is 1.14. The minimum absolute atomic E-state index is 0.931. The van der Waals surface area contributed by atoms with Gasteiger partial charge in [0.25, 0.3) is 0 Å². The van der Waals surface area contributed by atoms with Gasteiger partial charge in [0.05, 0.1) is 13.2 Å². The average molecular weight is 227 g/mol. The highest BCUT2D eigenvalue weighted by Gasteiger charge is 2.07. The third kappa shape index (κ3) is 12.0. The highest BCUT2D eigenvalue weighted by molar-refractivity contribution is 7.45. The zero-order chi connectivity index (χ0) is 11.0. The number of rotatable bonds is 2.